The molecular formula is C24H25F3N4O2. The molecular weight excluding hydrogens is 433 g/mol. The number of hydrogen-bond acceptors (Lipinski definition) is 4. The van der Waals surface area contributed by atoms with Crippen LogP contribution in [0.3, 0.4) is 0 Å². The summed E-state index contributed by atoms with van der Waals surface area (Å²) in [5.41, 5.74) is 2.66. The van der Waals surface area contributed by atoms with Crippen molar-refractivity contribution in [1.82, 2.24) is 19.6 Å². The van der Waals surface area contributed by atoms with Crippen LogP contribution in [0.4, 0.5) is 13.2 Å². The summed E-state index contributed by atoms with van der Waals surface area (Å²) in [6.45, 7) is 0.141. The third-order valence-corrected chi connectivity index (χ3v) is 5.59. The summed E-state index contributed by atoms with van der Waals surface area (Å²) in [5.74, 6) is 0.433. The Morgan fingerprint density at radius 2 is 1.73 bits per heavy atom. The Kier molecular flexibility index (Phi) is 6.69. The van der Waals surface area contributed by atoms with Crippen LogP contribution in [0.25, 0.3) is 16.9 Å². The van der Waals surface area contributed by atoms with Crippen LogP contribution < -0.4 is 4.74 Å². The Morgan fingerprint density at radius 1 is 1.00 bits per heavy atom. The van der Waals surface area contributed by atoms with Gasteiger partial charge in [-0.1, -0.05) is 18.2 Å². The van der Waals surface area contributed by atoms with E-state index in [1.54, 1.807) is 22.8 Å². The highest BCUT2D eigenvalue weighted by molar-refractivity contribution is 5.93. The second-order valence-electron chi connectivity index (χ2n) is 7.93. The molecule has 4 rings (SSSR count). The van der Waals surface area contributed by atoms with Crippen molar-refractivity contribution in [3.63, 3.8) is 0 Å². The van der Waals surface area contributed by atoms with E-state index in [2.05, 4.69) is 5.10 Å². The average Bonchev–Trinajstić information content (AvgIpc) is 3.13. The van der Waals surface area contributed by atoms with E-state index in [4.69, 9.17) is 4.74 Å². The molecule has 0 aliphatic carbocycles. The number of ether oxygens (including phenoxy) is 1. The first-order valence-corrected chi connectivity index (χ1v) is 10.7. The molecule has 2 aromatic carbocycles. The second-order valence-corrected chi connectivity index (χ2v) is 7.93. The molecule has 3 aromatic rings. The number of para-hydroxylation sites is 1. The molecule has 0 radical (unpaired) electrons. The first-order chi connectivity index (χ1) is 15.8. The minimum absolute atomic E-state index is 0.177. The van der Waals surface area contributed by atoms with Gasteiger partial charge in [-0.3, -0.25) is 9.69 Å². The molecule has 0 spiro atoms. The van der Waals surface area contributed by atoms with Crippen molar-refractivity contribution in [2.45, 2.75) is 12.6 Å². The SMILES string of the molecule is COc1ccc(-c2cc(C(=O)N3CCCN(CC(F)(F)F)CC3)nn2-c2ccccc2)cc1. The lowest BCUT2D eigenvalue weighted by atomic mass is 10.1. The van der Waals surface area contributed by atoms with Crippen molar-refractivity contribution in [1.29, 1.82) is 0 Å². The zero-order valence-electron chi connectivity index (χ0n) is 18.3. The number of amides is 1. The summed E-state index contributed by atoms with van der Waals surface area (Å²) in [4.78, 5) is 16.2. The summed E-state index contributed by atoms with van der Waals surface area (Å²) >= 11 is 0. The normalized spacial score (nSPS) is 15.3. The van der Waals surface area contributed by atoms with E-state index >= 15 is 0 Å². The molecule has 1 saturated heterocycles. The lowest BCUT2D eigenvalue weighted by Crippen LogP contribution is -2.38. The smallest absolute Gasteiger partial charge is 0.401 e. The lowest BCUT2D eigenvalue weighted by Gasteiger charge is -2.22. The van der Waals surface area contributed by atoms with Crippen molar-refractivity contribution in [3.05, 3.63) is 66.4 Å². The van der Waals surface area contributed by atoms with Crippen molar-refractivity contribution in [2.24, 2.45) is 0 Å². The van der Waals surface area contributed by atoms with Gasteiger partial charge in [-0.2, -0.15) is 18.3 Å². The van der Waals surface area contributed by atoms with Crippen LogP contribution in [0.15, 0.2) is 60.7 Å². The molecule has 1 aliphatic heterocycles. The van der Waals surface area contributed by atoms with E-state index in [-0.39, 0.29) is 24.7 Å². The van der Waals surface area contributed by atoms with Crippen molar-refractivity contribution in [2.75, 3.05) is 39.8 Å². The van der Waals surface area contributed by atoms with Gasteiger partial charge in [0.2, 0.25) is 0 Å². The Labute approximate surface area is 190 Å². The van der Waals surface area contributed by atoms with Crippen LogP contribution in [0.2, 0.25) is 0 Å². The quantitative estimate of drug-likeness (QED) is 0.574. The minimum Gasteiger partial charge on any atom is -0.497 e. The summed E-state index contributed by atoms with van der Waals surface area (Å²) in [5, 5.41) is 4.58. The molecule has 1 aliphatic rings. The molecule has 0 unspecified atom stereocenters. The number of aromatic nitrogens is 2. The minimum atomic E-state index is -4.25. The Morgan fingerprint density at radius 3 is 2.39 bits per heavy atom. The molecule has 33 heavy (non-hydrogen) atoms. The molecule has 1 amide bonds. The van der Waals surface area contributed by atoms with E-state index in [9.17, 15) is 18.0 Å². The van der Waals surface area contributed by atoms with Gasteiger partial charge in [-0.25, -0.2) is 4.68 Å². The van der Waals surface area contributed by atoms with Gasteiger partial charge in [0.05, 0.1) is 25.0 Å². The summed E-state index contributed by atoms with van der Waals surface area (Å²) in [6, 6.07) is 18.7. The van der Waals surface area contributed by atoms with E-state index in [0.29, 0.717) is 25.3 Å². The van der Waals surface area contributed by atoms with Crippen LogP contribution in [0.1, 0.15) is 16.9 Å². The number of rotatable bonds is 5. The maximum atomic E-state index is 13.3. The molecule has 9 heteroatoms. The Balaban J connectivity index is 1.61. The fourth-order valence-corrected chi connectivity index (χ4v) is 3.97. The second kappa shape index (κ2) is 9.66. The fourth-order valence-electron chi connectivity index (χ4n) is 3.97. The monoisotopic (exact) mass is 458 g/mol. The molecule has 0 atom stereocenters. The molecule has 0 bridgehead atoms. The zero-order chi connectivity index (χ0) is 23.4. The predicted molar refractivity (Wildman–Crippen MR) is 119 cm³/mol. The predicted octanol–water partition coefficient (Wildman–Crippen LogP) is 4.26. The van der Waals surface area contributed by atoms with Crippen LogP contribution in [0, 0.1) is 0 Å². The standard InChI is InChI=1S/C24H25F3N4O2/c1-33-20-10-8-18(9-11-20)22-16-21(28-31(22)19-6-3-2-4-7-19)23(32)30-13-5-12-29(14-15-30)17-24(25,26)27/h2-4,6-11,16H,5,12-15,17H2,1H3. The third kappa shape index (κ3) is 5.54. The maximum absolute atomic E-state index is 13.3. The fraction of sp³-hybridized carbons (Fsp3) is 0.333. The number of alkyl halides is 3. The van der Waals surface area contributed by atoms with Gasteiger partial charge in [-0.05, 0) is 48.9 Å². The number of hydrogen-bond donors (Lipinski definition) is 0. The van der Waals surface area contributed by atoms with Crippen molar-refractivity contribution in [3.8, 4) is 22.7 Å². The molecule has 2 heterocycles. The average molecular weight is 458 g/mol. The highest BCUT2D eigenvalue weighted by atomic mass is 19.4. The third-order valence-electron chi connectivity index (χ3n) is 5.59. The first-order valence-electron chi connectivity index (χ1n) is 10.7. The van der Waals surface area contributed by atoms with Gasteiger partial charge in [-0.15, -0.1) is 0 Å². The van der Waals surface area contributed by atoms with Gasteiger partial charge in [0.1, 0.15) is 5.75 Å². The number of halogens is 3. The summed E-state index contributed by atoms with van der Waals surface area (Å²) in [6.07, 6.45) is -3.77. The van der Waals surface area contributed by atoms with E-state index in [1.807, 2.05) is 54.6 Å². The molecule has 6 nitrogen and oxygen atoms in total. The largest absolute Gasteiger partial charge is 0.497 e. The topological polar surface area (TPSA) is 50.6 Å². The van der Waals surface area contributed by atoms with Gasteiger partial charge < -0.3 is 9.64 Å². The van der Waals surface area contributed by atoms with E-state index in [0.717, 1.165) is 16.9 Å². The number of carbonyl (C=O) groups is 1. The van der Waals surface area contributed by atoms with Crippen LogP contribution in [-0.2, 0) is 0 Å². The van der Waals surface area contributed by atoms with Gasteiger partial charge in [0, 0.05) is 31.7 Å². The summed E-state index contributed by atoms with van der Waals surface area (Å²) < 4.78 is 45.3. The molecule has 174 valence electrons. The van der Waals surface area contributed by atoms with Gasteiger partial charge in [0.15, 0.2) is 5.69 Å². The number of carbonyl (C=O) groups excluding carboxylic acids is 1. The van der Waals surface area contributed by atoms with Gasteiger partial charge >= 0.3 is 6.18 Å². The molecule has 1 aromatic heterocycles. The van der Waals surface area contributed by atoms with Crippen molar-refractivity contribution < 1.29 is 22.7 Å². The highest BCUT2D eigenvalue weighted by Gasteiger charge is 2.32. The van der Waals surface area contributed by atoms with Crippen molar-refractivity contribution >= 4 is 5.91 Å². The number of benzene rings is 2. The number of nitrogens with zero attached hydrogens (tertiary/aromatic N) is 4. The highest BCUT2D eigenvalue weighted by Crippen LogP contribution is 2.27. The first kappa shape index (κ1) is 22.8. The Hall–Kier alpha value is -3.33. The molecule has 0 saturated carbocycles. The maximum Gasteiger partial charge on any atom is 0.401 e. The van der Waals surface area contributed by atoms with Gasteiger partial charge in [0.25, 0.3) is 5.91 Å². The van der Waals surface area contributed by atoms with Crippen LogP contribution >= 0.6 is 0 Å². The van der Waals surface area contributed by atoms with E-state index < -0.39 is 12.7 Å². The summed E-state index contributed by atoms with van der Waals surface area (Å²) in [7, 11) is 1.59. The Bertz CT molecular complexity index is 1080. The lowest BCUT2D eigenvalue weighted by molar-refractivity contribution is -0.145. The molecule has 0 N–H and O–H groups in total. The molecule has 1 fully saturated rings. The number of methoxy groups -OCH3 is 1. The zero-order valence-corrected chi connectivity index (χ0v) is 18.3. The van der Waals surface area contributed by atoms with E-state index in [1.165, 1.54) is 4.90 Å². The van der Waals surface area contributed by atoms with Crippen LogP contribution in [-0.4, -0.2) is 71.5 Å². The van der Waals surface area contributed by atoms with Crippen LogP contribution in [0.5, 0.6) is 5.75 Å².